The summed E-state index contributed by atoms with van der Waals surface area (Å²) in [5.41, 5.74) is 6.03. The summed E-state index contributed by atoms with van der Waals surface area (Å²) in [6.45, 7) is 4.51. The molecule has 0 radical (unpaired) electrons. The van der Waals surface area contributed by atoms with Gasteiger partial charge in [0.15, 0.2) is 6.79 Å². The van der Waals surface area contributed by atoms with Crippen LogP contribution in [0.3, 0.4) is 0 Å². The number of hydrogen-bond acceptors (Lipinski definition) is 6. The zero-order valence-corrected chi connectivity index (χ0v) is 19.3. The number of nitrogens with zero attached hydrogens (tertiary/aromatic N) is 1. The lowest BCUT2D eigenvalue weighted by Gasteiger charge is -2.21. The topological polar surface area (TPSA) is 114 Å². The molecule has 0 unspecified atom stereocenters. The summed E-state index contributed by atoms with van der Waals surface area (Å²) in [5.74, 6) is -0.603. The highest BCUT2D eigenvalue weighted by Crippen LogP contribution is 2.31. The molecule has 1 heterocycles. The Bertz CT molecular complexity index is 1120. The Morgan fingerprint density at radius 2 is 1.88 bits per heavy atom. The average Bonchev–Trinajstić information content (AvgIpc) is 2.78. The van der Waals surface area contributed by atoms with Gasteiger partial charge in [0, 0.05) is 34.8 Å². The van der Waals surface area contributed by atoms with Crippen LogP contribution in [0.4, 0.5) is 0 Å². The molecule has 32 heavy (non-hydrogen) atoms. The second-order valence-electron chi connectivity index (χ2n) is 6.96. The van der Waals surface area contributed by atoms with E-state index in [1.807, 2.05) is 0 Å². The van der Waals surface area contributed by atoms with Gasteiger partial charge in [0.05, 0.1) is 17.9 Å². The third-order valence-corrected chi connectivity index (χ3v) is 7.12. The van der Waals surface area contributed by atoms with Crippen molar-refractivity contribution < 1.29 is 27.5 Å². The monoisotopic (exact) mass is 481 g/mol. The SMILES string of the molecule is CCN(CC)S(=O)(=O)c1cccc(C(=O)NNC(=O)Cc2cc(Cl)cc3c2OCOC3)c1. The Hall–Kier alpha value is -2.66. The van der Waals surface area contributed by atoms with Gasteiger partial charge in [0.1, 0.15) is 5.75 Å². The van der Waals surface area contributed by atoms with E-state index in [2.05, 4.69) is 10.9 Å². The van der Waals surface area contributed by atoms with Gasteiger partial charge in [-0.25, -0.2) is 8.42 Å². The van der Waals surface area contributed by atoms with Crippen molar-refractivity contribution in [2.75, 3.05) is 19.9 Å². The van der Waals surface area contributed by atoms with Crippen molar-refractivity contribution in [2.24, 2.45) is 0 Å². The van der Waals surface area contributed by atoms with Gasteiger partial charge in [-0.3, -0.25) is 20.4 Å². The number of carbonyl (C=O) groups excluding carboxylic acids is 2. The lowest BCUT2D eigenvalue weighted by Crippen LogP contribution is -2.42. The molecule has 0 aromatic heterocycles. The van der Waals surface area contributed by atoms with Gasteiger partial charge in [-0.1, -0.05) is 31.5 Å². The molecule has 0 saturated carbocycles. The highest BCUT2D eigenvalue weighted by Gasteiger charge is 2.23. The van der Waals surface area contributed by atoms with E-state index >= 15 is 0 Å². The minimum absolute atomic E-state index is 0.00472. The van der Waals surface area contributed by atoms with Crippen LogP contribution < -0.4 is 15.6 Å². The van der Waals surface area contributed by atoms with E-state index in [9.17, 15) is 18.0 Å². The molecule has 11 heteroatoms. The van der Waals surface area contributed by atoms with E-state index in [0.29, 0.717) is 36.0 Å². The molecule has 172 valence electrons. The average molecular weight is 482 g/mol. The number of nitrogens with one attached hydrogen (secondary N) is 2. The molecule has 3 rings (SSSR count). The molecular formula is C21H24ClN3O6S. The second kappa shape index (κ2) is 10.3. The van der Waals surface area contributed by atoms with E-state index in [-0.39, 0.29) is 23.7 Å². The van der Waals surface area contributed by atoms with Crippen molar-refractivity contribution in [1.29, 1.82) is 0 Å². The molecule has 2 aromatic carbocycles. The summed E-state index contributed by atoms with van der Waals surface area (Å²) < 4.78 is 37.3. The summed E-state index contributed by atoms with van der Waals surface area (Å²) in [4.78, 5) is 24.9. The quantitative estimate of drug-likeness (QED) is 0.586. The lowest BCUT2D eigenvalue weighted by molar-refractivity contribution is -0.121. The molecule has 0 spiro atoms. The van der Waals surface area contributed by atoms with Crippen LogP contribution >= 0.6 is 11.6 Å². The Morgan fingerprint density at radius 3 is 2.59 bits per heavy atom. The Morgan fingerprint density at radius 1 is 1.12 bits per heavy atom. The molecular weight excluding hydrogens is 458 g/mol. The molecule has 0 aliphatic carbocycles. The smallest absolute Gasteiger partial charge is 0.269 e. The first-order valence-electron chi connectivity index (χ1n) is 9.97. The zero-order chi connectivity index (χ0) is 23.3. The van der Waals surface area contributed by atoms with Crippen molar-refractivity contribution in [3.63, 3.8) is 0 Å². The van der Waals surface area contributed by atoms with Crippen LogP contribution in [0, 0.1) is 0 Å². The fraction of sp³-hybridized carbons (Fsp3) is 0.333. The molecule has 9 nitrogen and oxygen atoms in total. The van der Waals surface area contributed by atoms with E-state index in [1.165, 1.54) is 28.6 Å². The van der Waals surface area contributed by atoms with Crippen molar-refractivity contribution in [3.8, 4) is 5.75 Å². The fourth-order valence-corrected chi connectivity index (χ4v) is 5.08. The van der Waals surface area contributed by atoms with Crippen LogP contribution in [-0.2, 0) is 32.6 Å². The van der Waals surface area contributed by atoms with E-state index in [1.54, 1.807) is 26.0 Å². The van der Waals surface area contributed by atoms with Crippen LogP contribution in [0.15, 0.2) is 41.3 Å². The molecule has 0 bridgehead atoms. The third kappa shape index (κ3) is 5.39. The Kier molecular flexibility index (Phi) is 7.73. The summed E-state index contributed by atoms with van der Waals surface area (Å²) >= 11 is 6.10. The van der Waals surface area contributed by atoms with E-state index < -0.39 is 21.8 Å². The number of ether oxygens (including phenoxy) is 2. The van der Waals surface area contributed by atoms with Gasteiger partial charge in [-0.15, -0.1) is 0 Å². The molecule has 0 atom stereocenters. The van der Waals surface area contributed by atoms with Crippen molar-refractivity contribution in [3.05, 3.63) is 58.1 Å². The van der Waals surface area contributed by atoms with E-state index in [0.717, 1.165) is 5.56 Å². The number of rotatable bonds is 7. The number of sulfonamides is 1. The van der Waals surface area contributed by atoms with Crippen molar-refractivity contribution in [1.82, 2.24) is 15.2 Å². The number of hydrogen-bond donors (Lipinski definition) is 2. The van der Waals surface area contributed by atoms with Crippen molar-refractivity contribution in [2.45, 2.75) is 31.8 Å². The zero-order valence-electron chi connectivity index (χ0n) is 17.7. The summed E-state index contributed by atoms with van der Waals surface area (Å²) in [6, 6.07) is 8.97. The highest BCUT2D eigenvalue weighted by atomic mass is 35.5. The van der Waals surface area contributed by atoms with Crippen LogP contribution in [0.25, 0.3) is 0 Å². The highest BCUT2D eigenvalue weighted by molar-refractivity contribution is 7.89. The molecule has 1 aliphatic heterocycles. The maximum absolute atomic E-state index is 12.7. The number of fused-ring (bicyclic) bond motifs is 1. The number of carbonyl (C=O) groups is 2. The van der Waals surface area contributed by atoms with Gasteiger partial charge in [-0.05, 0) is 30.3 Å². The first kappa shape index (κ1) is 24.0. The van der Waals surface area contributed by atoms with Gasteiger partial charge < -0.3 is 9.47 Å². The third-order valence-electron chi connectivity index (χ3n) is 4.86. The first-order valence-corrected chi connectivity index (χ1v) is 11.8. The molecule has 1 aliphatic rings. The predicted molar refractivity (Wildman–Crippen MR) is 118 cm³/mol. The second-order valence-corrected chi connectivity index (χ2v) is 9.33. The van der Waals surface area contributed by atoms with Crippen LogP contribution in [0.1, 0.15) is 35.3 Å². The summed E-state index contributed by atoms with van der Waals surface area (Å²) in [5, 5.41) is 0.441. The first-order chi connectivity index (χ1) is 15.3. The number of benzene rings is 2. The van der Waals surface area contributed by atoms with Gasteiger partial charge in [0.2, 0.25) is 15.9 Å². The van der Waals surface area contributed by atoms with Gasteiger partial charge in [-0.2, -0.15) is 4.31 Å². The Balaban J connectivity index is 1.67. The fourth-order valence-electron chi connectivity index (χ4n) is 3.31. The van der Waals surface area contributed by atoms with E-state index in [4.69, 9.17) is 21.1 Å². The van der Waals surface area contributed by atoms with Crippen LogP contribution in [0.2, 0.25) is 5.02 Å². The molecule has 2 aromatic rings. The lowest BCUT2D eigenvalue weighted by atomic mass is 10.1. The number of halogens is 1. The minimum atomic E-state index is -3.71. The van der Waals surface area contributed by atoms with Gasteiger partial charge >= 0.3 is 0 Å². The number of amides is 2. The molecule has 0 fully saturated rings. The van der Waals surface area contributed by atoms with Crippen molar-refractivity contribution >= 4 is 33.4 Å². The normalized spacial score (nSPS) is 13.2. The number of hydrazine groups is 1. The molecule has 0 saturated heterocycles. The summed E-state index contributed by atoms with van der Waals surface area (Å²) in [6.07, 6.45) is -0.0838. The van der Waals surface area contributed by atoms with Gasteiger partial charge in [0.25, 0.3) is 5.91 Å². The largest absolute Gasteiger partial charge is 0.467 e. The molecule has 2 N–H and O–H groups in total. The molecule has 2 amide bonds. The van der Waals surface area contributed by atoms with Crippen LogP contribution in [0.5, 0.6) is 5.75 Å². The summed E-state index contributed by atoms with van der Waals surface area (Å²) in [7, 11) is -3.71. The minimum Gasteiger partial charge on any atom is -0.467 e. The predicted octanol–water partition coefficient (Wildman–Crippen LogP) is 2.24. The Labute approximate surface area is 191 Å². The maximum atomic E-state index is 12.7. The maximum Gasteiger partial charge on any atom is 0.269 e. The van der Waals surface area contributed by atoms with Crippen LogP contribution in [-0.4, -0.2) is 44.4 Å². The standard InChI is InChI=1S/C21H24ClN3O6S/c1-3-25(4-2)32(28,29)18-7-5-6-14(10-18)21(27)24-23-19(26)11-15-8-17(22)9-16-12-30-13-31-20(15)16/h5-10H,3-4,11-13H2,1-2H3,(H,23,26)(H,24,27).